The number of hydrogen-bond donors (Lipinski definition) is 2. The van der Waals surface area contributed by atoms with Gasteiger partial charge in [0, 0.05) is 28.4 Å². The maximum absolute atomic E-state index is 14.9. The topological polar surface area (TPSA) is 49.8 Å². The van der Waals surface area contributed by atoms with Crippen LogP contribution in [0.2, 0.25) is 0 Å². The number of fused-ring (bicyclic) bond motifs is 2. The monoisotopic (exact) mass is 432 g/mol. The molecule has 29 heavy (non-hydrogen) atoms. The Bertz CT molecular complexity index is 1150. The van der Waals surface area contributed by atoms with Crippen LogP contribution in [-0.2, 0) is 0 Å². The highest BCUT2D eigenvalue weighted by molar-refractivity contribution is 7.18. The maximum atomic E-state index is 14.9. The van der Waals surface area contributed by atoms with Crippen molar-refractivity contribution in [3.63, 3.8) is 0 Å². The van der Waals surface area contributed by atoms with Crippen LogP contribution in [-0.4, -0.2) is 23.1 Å². The van der Waals surface area contributed by atoms with Crippen molar-refractivity contribution in [3.05, 3.63) is 46.4 Å². The lowest BCUT2D eigenvalue weighted by atomic mass is 9.94. The fourth-order valence-corrected chi connectivity index (χ4v) is 5.55. The van der Waals surface area contributed by atoms with Crippen molar-refractivity contribution in [3.8, 4) is 0 Å². The highest BCUT2D eigenvalue weighted by Crippen LogP contribution is 2.39. The fraction of sp³-hybridized carbons (Fsp3) is 0.333. The van der Waals surface area contributed by atoms with Gasteiger partial charge in [0.05, 0.1) is 15.9 Å². The van der Waals surface area contributed by atoms with Crippen LogP contribution in [0.15, 0.2) is 29.9 Å². The number of nitrogens with zero attached hydrogens (tertiary/aromatic N) is 2. The van der Waals surface area contributed by atoms with E-state index in [9.17, 15) is 8.78 Å². The van der Waals surface area contributed by atoms with Crippen LogP contribution < -0.4 is 10.6 Å². The summed E-state index contributed by atoms with van der Waals surface area (Å²) in [7, 11) is 1.96. The first kappa shape index (κ1) is 20.1. The first-order valence-electron chi connectivity index (χ1n) is 9.57. The van der Waals surface area contributed by atoms with Gasteiger partial charge < -0.3 is 10.6 Å². The second-order valence-corrected chi connectivity index (χ2v) is 9.02. The molecule has 4 nitrogen and oxygen atoms in total. The van der Waals surface area contributed by atoms with Crippen LogP contribution in [0.3, 0.4) is 0 Å². The van der Waals surface area contributed by atoms with Crippen molar-refractivity contribution in [2.24, 2.45) is 0 Å². The molecule has 0 spiro atoms. The molecule has 0 radical (unpaired) electrons. The third-order valence-electron chi connectivity index (χ3n) is 5.26. The summed E-state index contributed by atoms with van der Waals surface area (Å²) in [5, 5.41) is 7.17. The quantitative estimate of drug-likeness (QED) is 0.354. The van der Waals surface area contributed by atoms with Gasteiger partial charge in [0.15, 0.2) is 11.6 Å². The molecule has 3 aromatic heterocycles. The normalized spacial score (nSPS) is 13.8. The van der Waals surface area contributed by atoms with Gasteiger partial charge in [-0.25, -0.2) is 18.7 Å². The summed E-state index contributed by atoms with van der Waals surface area (Å²) >= 11 is 2.85. The summed E-state index contributed by atoms with van der Waals surface area (Å²) in [5.41, 5.74) is 2.15. The predicted molar refractivity (Wildman–Crippen MR) is 119 cm³/mol. The van der Waals surface area contributed by atoms with Gasteiger partial charge in [-0.05, 0) is 38.6 Å². The van der Waals surface area contributed by atoms with Gasteiger partial charge in [0.25, 0.3) is 0 Å². The Morgan fingerprint density at radius 1 is 1.21 bits per heavy atom. The molecule has 0 saturated heterocycles. The third-order valence-corrected chi connectivity index (χ3v) is 7.21. The molecule has 0 fully saturated rings. The number of aromatic nitrogens is 2. The van der Waals surface area contributed by atoms with Crippen LogP contribution in [0.1, 0.15) is 37.5 Å². The zero-order chi connectivity index (χ0) is 20.5. The molecular formula is C21H22F2N4S2. The van der Waals surface area contributed by atoms with E-state index in [1.807, 2.05) is 7.05 Å². The third kappa shape index (κ3) is 3.72. The highest BCUT2D eigenvalue weighted by Gasteiger charge is 2.22. The van der Waals surface area contributed by atoms with E-state index in [0.29, 0.717) is 22.3 Å². The molecule has 4 aromatic rings. The number of thiazole rings is 1. The Morgan fingerprint density at radius 2 is 2.03 bits per heavy atom. The van der Waals surface area contributed by atoms with Crippen LogP contribution >= 0.6 is 22.7 Å². The van der Waals surface area contributed by atoms with Crippen molar-refractivity contribution in [2.45, 2.75) is 38.6 Å². The second kappa shape index (κ2) is 8.30. The van der Waals surface area contributed by atoms with Gasteiger partial charge in [0.2, 0.25) is 0 Å². The number of anilines is 2. The van der Waals surface area contributed by atoms with Crippen molar-refractivity contribution < 1.29 is 8.78 Å². The van der Waals surface area contributed by atoms with Crippen LogP contribution in [0.5, 0.6) is 0 Å². The number of nitrogens with one attached hydrogen (secondary N) is 2. The largest absolute Gasteiger partial charge is 0.350 e. The number of likely N-dealkylation sites (N-methyl/N-ethyl adjacent to an activating group) is 1. The van der Waals surface area contributed by atoms with Crippen molar-refractivity contribution >= 4 is 54.5 Å². The molecule has 2 unspecified atom stereocenters. The average molecular weight is 433 g/mol. The number of thiophene rings is 1. The summed E-state index contributed by atoms with van der Waals surface area (Å²) in [6.45, 7) is 4.35. The molecule has 1 aromatic carbocycles. The minimum Gasteiger partial charge on any atom is -0.350 e. The van der Waals surface area contributed by atoms with Crippen LogP contribution in [0.25, 0.3) is 20.4 Å². The lowest BCUT2D eigenvalue weighted by Gasteiger charge is -2.21. The number of benzene rings is 1. The van der Waals surface area contributed by atoms with Gasteiger partial charge in [-0.2, -0.15) is 0 Å². The smallest absolute Gasteiger partial charge is 0.176 e. The van der Waals surface area contributed by atoms with Gasteiger partial charge in [-0.1, -0.05) is 13.3 Å². The van der Waals surface area contributed by atoms with Crippen LogP contribution in [0.4, 0.5) is 20.2 Å². The number of rotatable bonds is 7. The number of pyridine rings is 1. The molecular weight excluding hydrogens is 410 g/mol. The van der Waals surface area contributed by atoms with Crippen molar-refractivity contribution in [1.29, 1.82) is 0 Å². The van der Waals surface area contributed by atoms with Crippen molar-refractivity contribution in [1.82, 2.24) is 15.3 Å². The summed E-state index contributed by atoms with van der Waals surface area (Å²) in [4.78, 5) is 10.6. The standard InChI is InChI=1S/C21H22F2N4S2/c1-4-5-12(11(2)24-3)16-8-13-15(6-7-25-21(13)29-16)27-19-14(22)9-17-20(18(19)23)26-10-28-17/h6-12,24H,4-5H2,1-3H3,(H,25,27). The van der Waals surface area contributed by atoms with Crippen molar-refractivity contribution in [2.75, 3.05) is 12.4 Å². The first-order chi connectivity index (χ1) is 14.0. The summed E-state index contributed by atoms with van der Waals surface area (Å²) in [6, 6.07) is 5.49. The molecule has 2 N–H and O–H groups in total. The summed E-state index contributed by atoms with van der Waals surface area (Å²) < 4.78 is 29.9. The van der Waals surface area contributed by atoms with E-state index >= 15 is 0 Å². The van der Waals surface area contributed by atoms with Gasteiger partial charge in [-0.15, -0.1) is 22.7 Å². The van der Waals surface area contributed by atoms with Gasteiger partial charge in [-0.3, -0.25) is 0 Å². The van der Waals surface area contributed by atoms with Crippen LogP contribution in [0, 0.1) is 11.6 Å². The summed E-state index contributed by atoms with van der Waals surface area (Å²) in [5.74, 6) is -0.946. The molecule has 0 saturated carbocycles. The molecule has 2 atom stereocenters. The molecule has 0 aliphatic rings. The molecule has 3 heterocycles. The molecule has 0 amide bonds. The lowest BCUT2D eigenvalue weighted by Crippen LogP contribution is -2.28. The first-order valence-corrected chi connectivity index (χ1v) is 11.3. The SMILES string of the molecule is CCCC(c1cc2c(Nc3c(F)cc4scnc4c3F)ccnc2s1)C(C)NC. The van der Waals surface area contributed by atoms with E-state index in [0.717, 1.165) is 23.1 Å². The van der Waals surface area contributed by atoms with E-state index in [2.05, 4.69) is 40.5 Å². The van der Waals surface area contributed by atoms with E-state index < -0.39 is 11.6 Å². The minimum atomic E-state index is -0.672. The highest BCUT2D eigenvalue weighted by atomic mass is 32.1. The van der Waals surface area contributed by atoms with E-state index in [1.54, 1.807) is 23.6 Å². The van der Waals surface area contributed by atoms with E-state index in [4.69, 9.17) is 0 Å². The molecule has 152 valence electrons. The average Bonchev–Trinajstić information content (AvgIpc) is 3.35. The molecule has 8 heteroatoms. The Labute approximate surface area is 176 Å². The summed E-state index contributed by atoms with van der Waals surface area (Å²) in [6.07, 6.45) is 3.80. The van der Waals surface area contributed by atoms with E-state index in [-0.39, 0.29) is 11.2 Å². The Kier molecular flexibility index (Phi) is 5.76. The van der Waals surface area contributed by atoms with Gasteiger partial charge in [0.1, 0.15) is 16.0 Å². The Morgan fingerprint density at radius 3 is 2.79 bits per heavy atom. The second-order valence-electron chi connectivity index (χ2n) is 7.07. The Balaban J connectivity index is 1.76. The van der Waals surface area contributed by atoms with E-state index in [1.165, 1.54) is 27.8 Å². The molecule has 0 aliphatic carbocycles. The minimum absolute atomic E-state index is 0.182. The molecule has 4 rings (SSSR count). The predicted octanol–water partition coefficient (Wildman–Crippen LogP) is 6.42. The zero-order valence-corrected chi connectivity index (χ0v) is 18.1. The zero-order valence-electron chi connectivity index (χ0n) is 16.4. The molecule has 0 bridgehead atoms. The number of hydrogen-bond acceptors (Lipinski definition) is 6. The fourth-order valence-electron chi connectivity index (χ4n) is 3.58. The lowest BCUT2D eigenvalue weighted by molar-refractivity contribution is 0.470. The van der Waals surface area contributed by atoms with Gasteiger partial charge >= 0.3 is 0 Å². The Hall–Kier alpha value is -2.16. The molecule has 0 aliphatic heterocycles. The number of halogens is 2. The maximum Gasteiger partial charge on any atom is 0.176 e.